The number of hydrogen-bond acceptors (Lipinski definition) is 4. The van der Waals surface area contributed by atoms with Crippen molar-refractivity contribution in [3.63, 3.8) is 0 Å². The molecule has 0 saturated heterocycles. The van der Waals surface area contributed by atoms with Crippen LogP contribution < -0.4 is 10.9 Å². The first kappa shape index (κ1) is 17.9. The number of aliphatic hydroxyl groups is 2. The summed E-state index contributed by atoms with van der Waals surface area (Å²) in [5, 5.41) is 24.0. The van der Waals surface area contributed by atoms with Crippen molar-refractivity contribution in [2.45, 2.75) is 50.2 Å². The molecule has 1 aromatic heterocycles. The average molecular weight is 368 g/mol. The number of amides is 1. The molecule has 4 N–H and O–H groups in total. The molecule has 0 aliphatic heterocycles. The van der Waals surface area contributed by atoms with Gasteiger partial charge in [0.05, 0.1) is 12.6 Å². The Bertz CT molecular complexity index is 936. The molecular weight excluding hydrogens is 344 g/mol. The van der Waals surface area contributed by atoms with Gasteiger partial charge in [0, 0.05) is 11.3 Å². The van der Waals surface area contributed by atoms with E-state index in [1.807, 2.05) is 24.3 Å². The maximum Gasteiger partial charge on any atom is 0.261 e. The quantitative estimate of drug-likeness (QED) is 0.662. The molecule has 1 aromatic carbocycles. The zero-order chi connectivity index (χ0) is 19.0. The van der Waals surface area contributed by atoms with Gasteiger partial charge in [-0.3, -0.25) is 9.59 Å². The smallest absolute Gasteiger partial charge is 0.261 e. The molecule has 27 heavy (non-hydrogen) atoms. The van der Waals surface area contributed by atoms with E-state index in [1.54, 1.807) is 0 Å². The summed E-state index contributed by atoms with van der Waals surface area (Å²) in [6, 6.07) is 9.21. The van der Waals surface area contributed by atoms with Crippen molar-refractivity contribution in [1.29, 1.82) is 0 Å². The summed E-state index contributed by atoms with van der Waals surface area (Å²) in [7, 11) is 0. The number of rotatable bonds is 3. The lowest BCUT2D eigenvalue weighted by atomic mass is 9.79. The van der Waals surface area contributed by atoms with Crippen molar-refractivity contribution in [1.82, 2.24) is 10.3 Å². The Morgan fingerprint density at radius 3 is 2.93 bits per heavy atom. The van der Waals surface area contributed by atoms with Crippen LogP contribution in [0.1, 0.15) is 64.5 Å². The first-order valence-electron chi connectivity index (χ1n) is 9.51. The van der Waals surface area contributed by atoms with E-state index in [2.05, 4.69) is 10.3 Å². The maximum atomic E-state index is 12.6. The van der Waals surface area contributed by atoms with Gasteiger partial charge in [0.15, 0.2) is 0 Å². The van der Waals surface area contributed by atoms with Crippen LogP contribution in [0, 0.1) is 0 Å². The molecule has 2 aliphatic carbocycles. The Labute approximate surface area is 157 Å². The van der Waals surface area contributed by atoms with Gasteiger partial charge in [-0.05, 0) is 55.7 Å². The van der Waals surface area contributed by atoms with Crippen LogP contribution >= 0.6 is 0 Å². The largest absolute Gasteiger partial charge is 0.388 e. The highest BCUT2D eigenvalue weighted by atomic mass is 16.3. The van der Waals surface area contributed by atoms with Gasteiger partial charge in [-0.1, -0.05) is 24.3 Å². The zero-order valence-electron chi connectivity index (χ0n) is 15.1. The number of H-pyrrole nitrogens is 1. The third kappa shape index (κ3) is 3.31. The van der Waals surface area contributed by atoms with Gasteiger partial charge in [0.2, 0.25) is 0 Å². The number of pyridine rings is 1. The van der Waals surface area contributed by atoms with Gasteiger partial charge in [-0.2, -0.15) is 0 Å². The highest BCUT2D eigenvalue weighted by Gasteiger charge is 2.34. The van der Waals surface area contributed by atoms with E-state index in [0.717, 1.165) is 30.4 Å². The standard InChI is InChI=1S/C21H24N2O4/c24-18-9-3-8-17-14(18)11-15(20(26)23-17)19(25)22-12-21(27)10-4-6-13-5-1-2-7-16(13)21/h1-2,5,7,11,18,24,27H,3-4,6,8-10,12H2,(H,22,25)(H,23,26). The van der Waals surface area contributed by atoms with Gasteiger partial charge in [0.1, 0.15) is 11.2 Å². The highest BCUT2D eigenvalue weighted by Crippen LogP contribution is 2.34. The number of aryl methyl sites for hydroxylation is 2. The lowest BCUT2D eigenvalue weighted by Gasteiger charge is -2.34. The first-order valence-corrected chi connectivity index (χ1v) is 9.51. The van der Waals surface area contributed by atoms with Crippen LogP contribution in [0.25, 0.3) is 0 Å². The summed E-state index contributed by atoms with van der Waals surface area (Å²) < 4.78 is 0. The minimum atomic E-state index is -1.13. The van der Waals surface area contributed by atoms with Crippen LogP contribution in [0.5, 0.6) is 0 Å². The summed E-state index contributed by atoms with van der Waals surface area (Å²) in [6.45, 7) is 0.0436. The summed E-state index contributed by atoms with van der Waals surface area (Å²) in [4.78, 5) is 27.7. The normalized spacial score (nSPS) is 24.0. The second-order valence-electron chi connectivity index (χ2n) is 7.58. The van der Waals surface area contributed by atoms with Crippen molar-refractivity contribution in [2.75, 3.05) is 6.54 Å². The van der Waals surface area contributed by atoms with Gasteiger partial charge >= 0.3 is 0 Å². The Balaban J connectivity index is 1.56. The maximum absolute atomic E-state index is 12.6. The predicted octanol–water partition coefficient (Wildman–Crippen LogP) is 1.70. The van der Waals surface area contributed by atoms with E-state index in [0.29, 0.717) is 30.5 Å². The number of aromatic nitrogens is 1. The van der Waals surface area contributed by atoms with Crippen molar-refractivity contribution in [3.8, 4) is 0 Å². The van der Waals surface area contributed by atoms with Gasteiger partial charge in [0.25, 0.3) is 11.5 Å². The number of carbonyl (C=O) groups is 1. The lowest BCUT2D eigenvalue weighted by Crippen LogP contribution is -2.44. The molecule has 0 spiro atoms. The van der Waals surface area contributed by atoms with Gasteiger partial charge in [-0.25, -0.2) is 0 Å². The molecular formula is C21H24N2O4. The molecule has 6 nitrogen and oxygen atoms in total. The molecule has 1 amide bonds. The molecule has 4 rings (SSSR count). The molecule has 0 saturated carbocycles. The fourth-order valence-electron chi connectivity index (χ4n) is 4.29. The Hall–Kier alpha value is -2.44. The van der Waals surface area contributed by atoms with E-state index in [1.165, 1.54) is 6.07 Å². The number of aromatic amines is 1. The molecule has 142 valence electrons. The Kier molecular flexibility index (Phi) is 4.61. The third-order valence-electron chi connectivity index (χ3n) is 5.76. The number of nitrogens with one attached hydrogen (secondary N) is 2. The van der Waals surface area contributed by atoms with E-state index in [-0.39, 0.29) is 12.1 Å². The summed E-state index contributed by atoms with van der Waals surface area (Å²) in [5.74, 6) is -0.534. The average Bonchev–Trinajstić information content (AvgIpc) is 2.66. The van der Waals surface area contributed by atoms with Crippen LogP contribution in [0.15, 0.2) is 35.1 Å². The van der Waals surface area contributed by atoms with E-state index < -0.39 is 23.2 Å². The molecule has 2 aromatic rings. The second kappa shape index (κ2) is 6.94. The Morgan fingerprint density at radius 1 is 1.26 bits per heavy atom. The predicted molar refractivity (Wildman–Crippen MR) is 101 cm³/mol. The fraction of sp³-hybridized carbons (Fsp3) is 0.429. The van der Waals surface area contributed by atoms with Crippen LogP contribution in [0.4, 0.5) is 0 Å². The molecule has 2 unspecified atom stereocenters. The van der Waals surface area contributed by atoms with Gasteiger partial charge < -0.3 is 20.5 Å². The first-order chi connectivity index (χ1) is 13.0. The van der Waals surface area contributed by atoms with Crippen LogP contribution in [-0.2, 0) is 18.4 Å². The number of aliphatic hydroxyl groups excluding tert-OH is 1. The number of hydrogen-bond donors (Lipinski definition) is 4. The van der Waals surface area contributed by atoms with Crippen LogP contribution in [-0.4, -0.2) is 27.6 Å². The lowest BCUT2D eigenvalue weighted by molar-refractivity contribution is 0.0189. The minimum Gasteiger partial charge on any atom is -0.388 e. The summed E-state index contributed by atoms with van der Waals surface area (Å²) >= 11 is 0. The topological polar surface area (TPSA) is 102 Å². The molecule has 0 fully saturated rings. The van der Waals surface area contributed by atoms with E-state index in [4.69, 9.17) is 0 Å². The number of fused-ring (bicyclic) bond motifs is 2. The SMILES string of the molecule is O=C(NCC1(O)CCCc2ccccc21)c1cc2c([nH]c1=O)CCCC2O. The van der Waals surface area contributed by atoms with E-state index in [9.17, 15) is 19.8 Å². The minimum absolute atomic E-state index is 0.0256. The van der Waals surface area contributed by atoms with Crippen molar-refractivity contribution < 1.29 is 15.0 Å². The fourth-order valence-corrected chi connectivity index (χ4v) is 4.29. The van der Waals surface area contributed by atoms with Crippen LogP contribution in [0.3, 0.4) is 0 Å². The number of benzene rings is 1. The summed E-state index contributed by atoms with van der Waals surface area (Å²) in [6.07, 6.45) is 3.78. The number of carbonyl (C=O) groups excluding carboxylic acids is 1. The molecule has 6 heteroatoms. The molecule has 2 aliphatic rings. The van der Waals surface area contributed by atoms with Crippen molar-refractivity contribution in [2.24, 2.45) is 0 Å². The molecule has 2 atom stereocenters. The van der Waals surface area contributed by atoms with Crippen LogP contribution in [0.2, 0.25) is 0 Å². The highest BCUT2D eigenvalue weighted by molar-refractivity contribution is 5.94. The molecule has 1 heterocycles. The third-order valence-corrected chi connectivity index (χ3v) is 5.76. The van der Waals surface area contributed by atoms with Crippen molar-refractivity contribution in [3.05, 3.63) is 68.6 Å². The zero-order valence-corrected chi connectivity index (χ0v) is 15.1. The second-order valence-corrected chi connectivity index (χ2v) is 7.58. The molecule has 0 bridgehead atoms. The van der Waals surface area contributed by atoms with Gasteiger partial charge in [-0.15, -0.1) is 0 Å². The monoisotopic (exact) mass is 368 g/mol. The Morgan fingerprint density at radius 2 is 2.07 bits per heavy atom. The van der Waals surface area contributed by atoms with E-state index >= 15 is 0 Å². The summed E-state index contributed by atoms with van der Waals surface area (Å²) in [5.41, 5.74) is 1.63. The van der Waals surface area contributed by atoms with Crippen molar-refractivity contribution >= 4 is 5.91 Å². The molecule has 0 radical (unpaired) electrons.